The Morgan fingerprint density at radius 2 is 1.54 bits per heavy atom. The van der Waals surface area contributed by atoms with Gasteiger partial charge in [0, 0.05) is 18.8 Å². The second-order valence-corrected chi connectivity index (χ2v) is 6.31. The lowest BCUT2D eigenvalue weighted by Gasteiger charge is -2.34. The molecule has 0 aliphatic carbocycles. The van der Waals surface area contributed by atoms with E-state index in [1.807, 2.05) is 60.7 Å². The minimum Gasteiger partial charge on any atom is -0.480 e. The highest BCUT2D eigenvalue weighted by molar-refractivity contribution is 5.90. The van der Waals surface area contributed by atoms with Crippen molar-refractivity contribution in [3.63, 3.8) is 0 Å². The summed E-state index contributed by atoms with van der Waals surface area (Å²) in [5.41, 5.74) is 1.68. The maximum absolute atomic E-state index is 12.8. The predicted octanol–water partition coefficient (Wildman–Crippen LogP) is 2.63. The molecule has 28 heavy (non-hydrogen) atoms. The topological polar surface area (TPSA) is 87.2 Å². The van der Waals surface area contributed by atoms with Gasteiger partial charge in [0.25, 0.3) is 5.91 Å². The molecule has 1 heterocycles. The summed E-state index contributed by atoms with van der Waals surface area (Å²) >= 11 is 0. The van der Waals surface area contributed by atoms with Gasteiger partial charge in [0.1, 0.15) is 19.2 Å². The van der Waals surface area contributed by atoms with Gasteiger partial charge in [-0.25, -0.2) is 4.79 Å². The van der Waals surface area contributed by atoms with E-state index < -0.39 is 30.6 Å². The van der Waals surface area contributed by atoms with E-state index in [0.717, 1.165) is 16.0 Å². The lowest BCUT2D eigenvalue weighted by molar-refractivity contribution is -0.144. The Kier molecular flexibility index (Phi) is 6.06. The van der Waals surface area contributed by atoms with Crippen LogP contribution in [-0.2, 0) is 27.4 Å². The maximum atomic E-state index is 12.8. The molecule has 0 radical (unpaired) electrons. The third-order valence-corrected chi connectivity index (χ3v) is 4.30. The van der Waals surface area contributed by atoms with Crippen LogP contribution in [0, 0.1) is 0 Å². The highest BCUT2D eigenvalue weighted by atomic mass is 16.6. The van der Waals surface area contributed by atoms with Crippen LogP contribution >= 0.6 is 0 Å². The fraction of sp³-hybridized carbons (Fsp3) is 0.190. The van der Waals surface area contributed by atoms with Crippen LogP contribution < -0.4 is 0 Å². The van der Waals surface area contributed by atoms with E-state index in [0.29, 0.717) is 0 Å². The van der Waals surface area contributed by atoms with Gasteiger partial charge in [-0.3, -0.25) is 14.5 Å². The van der Waals surface area contributed by atoms with E-state index in [-0.39, 0.29) is 13.0 Å². The molecule has 7 nitrogen and oxygen atoms in total. The first-order valence-electron chi connectivity index (χ1n) is 8.78. The Bertz CT molecular complexity index is 867. The molecule has 2 aromatic rings. The molecule has 0 fully saturated rings. The standard InChI is InChI=1S/C21H20N2O5/c24-19(25)14-22-11-12-23(21(27)28-15-17-9-5-2-6-10-17)18(20(22)26)13-16-7-3-1-4-8-16/h1-12,18H,13-15H2,(H,24,25)/t18-/m0/s1. The highest BCUT2D eigenvalue weighted by Crippen LogP contribution is 2.19. The Hall–Kier alpha value is -3.61. The van der Waals surface area contributed by atoms with Gasteiger partial charge in [0.2, 0.25) is 0 Å². The molecule has 0 saturated carbocycles. The summed E-state index contributed by atoms with van der Waals surface area (Å²) in [7, 11) is 0. The van der Waals surface area contributed by atoms with Crippen molar-refractivity contribution in [3.8, 4) is 0 Å². The lowest BCUT2D eigenvalue weighted by atomic mass is 10.0. The molecule has 0 unspecified atom stereocenters. The van der Waals surface area contributed by atoms with Gasteiger partial charge >= 0.3 is 12.1 Å². The van der Waals surface area contributed by atoms with Crippen LogP contribution in [-0.4, -0.2) is 45.5 Å². The molecule has 1 aliphatic rings. The van der Waals surface area contributed by atoms with Gasteiger partial charge in [0.05, 0.1) is 0 Å². The van der Waals surface area contributed by atoms with E-state index in [4.69, 9.17) is 9.84 Å². The summed E-state index contributed by atoms with van der Waals surface area (Å²) < 4.78 is 5.35. The van der Waals surface area contributed by atoms with Crippen molar-refractivity contribution in [1.29, 1.82) is 0 Å². The smallest absolute Gasteiger partial charge is 0.414 e. The molecule has 1 aliphatic heterocycles. The van der Waals surface area contributed by atoms with Crippen molar-refractivity contribution in [1.82, 2.24) is 9.80 Å². The monoisotopic (exact) mass is 380 g/mol. The Labute approximate surface area is 162 Å². The van der Waals surface area contributed by atoms with Gasteiger partial charge in [-0.15, -0.1) is 0 Å². The molecule has 3 rings (SSSR count). The molecule has 144 valence electrons. The number of hydrogen-bond donors (Lipinski definition) is 1. The van der Waals surface area contributed by atoms with Crippen LogP contribution in [0.4, 0.5) is 4.79 Å². The van der Waals surface area contributed by atoms with Crippen molar-refractivity contribution in [3.05, 3.63) is 84.2 Å². The van der Waals surface area contributed by atoms with Crippen LogP contribution in [0.25, 0.3) is 0 Å². The fourth-order valence-electron chi connectivity index (χ4n) is 2.92. The van der Waals surface area contributed by atoms with Crippen molar-refractivity contribution in [2.24, 2.45) is 0 Å². The third kappa shape index (κ3) is 4.76. The summed E-state index contributed by atoms with van der Waals surface area (Å²) in [5.74, 6) is -1.60. The molecule has 2 aromatic carbocycles. The van der Waals surface area contributed by atoms with E-state index in [1.54, 1.807) is 0 Å². The van der Waals surface area contributed by atoms with E-state index in [9.17, 15) is 14.4 Å². The van der Waals surface area contributed by atoms with E-state index in [1.165, 1.54) is 17.3 Å². The molecule has 0 bridgehead atoms. The number of amides is 2. The van der Waals surface area contributed by atoms with Gasteiger partial charge in [-0.1, -0.05) is 60.7 Å². The van der Waals surface area contributed by atoms with Crippen LogP contribution in [0.15, 0.2) is 73.1 Å². The molecular weight excluding hydrogens is 360 g/mol. The first kappa shape index (κ1) is 19.2. The summed E-state index contributed by atoms with van der Waals surface area (Å²) in [6, 6.07) is 17.6. The van der Waals surface area contributed by atoms with Crippen LogP contribution in [0.5, 0.6) is 0 Å². The van der Waals surface area contributed by atoms with Crippen molar-refractivity contribution < 1.29 is 24.2 Å². The van der Waals surface area contributed by atoms with Crippen molar-refractivity contribution in [2.45, 2.75) is 19.1 Å². The van der Waals surface area contributed by atoms with Gasteiger partial charge in [0.15, 0.2) is 0 Å². The molecule has 0 aromatic heterocycles. The van der Waals surface area contributed by atoms with Crippen LogP contribution in [0.3, 0.4) is 0 Å². The molecular formula is C21H20N2O5. The number of hydrogen-bond acceptors (Lipinski definition) is 4. The summed E-state index contributed by atoms with van der Waals surface area (Å²) in [4.78, 5) is 38.8. The van der Waals surface area contributed by atoms with Crippen LogP contribution in [0.1, 0.15) is 11.1 Å². The number of carbonyl (C=O) groups is 3. The van der Waals surface area contributed by atoms with Gasteiger partial charge in [-0.05, 0) is 11.1 Å². The Morgan fingerprint density at radius 3 is 2.14 bits per heavy atom. The lowest BCUT2D eigenvalue weighted by Crippen LogP contribution is -2.52. The normalized spacial score (nSPS) is 16.1. The summed E-state index contributed by atoms with van der Waals surface area (Å²) in [6.45, 7) is -0.386. The zero-order chi connectivity index (χ0) is 19.9. The number of carboxylic acids is 1. The molecule has 1 N–H and O–H groups in total. The van der Waals surface area contributed by atoms with Gasteiger partial charge in [-0.2, -0.15) is 0 Å². The maximum Gasteiger partial charge on any atom is 0.414 e. The minimum absolute atomic E-state index is 0.0785. The first-order valence-corrected chi connectivity index (χ1v) is 8.78. The SMILES string of the molecule is O=C(O)CN1C=CN(C(=O)OCc2ccccc2)[C@@H](Cc2ccccc2)C1=O. The fourth-order valence-corrected chi connectivity index (χ4v) is 2.92. The van der Waals surface area contributed by atoms with Gasteiger partial charge < -0.3 is 14.7 Å². The molecule has 7 heteroatoms. The second kappa shape index (κ2) is 8.85. The number of carbonyl (C=O) groups excluding carboxylic acids is 2. The van der Waals surface area contributed by atoms with Crippen molar-refractivity contribution >= 4 is 18.0 Å². The predicted molar refractivity (Wildman–Crippen MR) is 101 cm³/mol. The Morgan fingerprint density at radius 1 is 0.929 bits per heavy atom. The number of rotatable bonds is 6. The average molecular weight is 380 g/mol. The second-order valence-electron chi connectivity index (χ2n) is 6.31. The van der Waals surface area contributed by atoms with Crippen LogP contribution in [0.2, 0.25) is 0 Å². The summed E-state index contributed by atoms with van der Waals surface area (Å²) in [5, 5.41) is 9.01. The van der Waals surface area contributed by atoms with Crippen molar-refractivity contribution in [2.75, 3.05) is 6.54 Å². The average Bonchev–Trinajstić information content (AvgIpc) is 2.70. The zero-order valence-electron chi connectivity index (χ0n) is 15.1. The molecule has 0 saturated heterocycles. The van der Waals surface area contributed by atoms with E-state index in [2.05, 4.69) is 0 Å². The molecule has 0 spiro atoms. The number of carboxylic acid groups (broad SMARTS) is 1. The molecule has 1 atom stereocenters. The number of aliphatic carboxylic acids is 1. The van der Waals surface area contributed by atoms with E-state index >= 15 is 0 Å². The number of nitrogens with zero attached hydrogens (tertiary/aromatic N) is 2. The Balaban J connectivity index is 1.77. The first-order chi connectivity index (χ1) is 13.5. The third-order valence-electron chi connectivity index (χ3n) is 4.30. The zero-order valence-corrected chi connectivity index (χ0v) is 15.1. The highest BCUT2D eigenvalue weighted by Gasteiger charge is 2.36. The summed E-state index contributed by atoms with van der Waals surface area (Å²) in [6.07, 6.45) is 2.28. The largest absolute Gasteiger partial charge is 0.480 e. The number of benzene rings is 2. The quantitative estimate of drug-likeness (QED) is 0.832. The minimum atomic E-state index is -1.13. The number of ether oxygens (including phenoxy) is 1. The molecule has 2 amide bonds.